The first kappa shape index (κ1) is 15.2. The van der Waals surface area contributed by atoms with Crippen molar-refractivity contribution in [3.8, 4) is 0 Å². The van der Waals surface area contributed by atoms with E-state index in [0.29, 0.717) is 16.5 Å². The second-order valence-electron chi connectivity index (χ2n) is 3.41. The molecule has 0 fully saturated rings. The molecule has 1 aromatic heterocycles. The summed E-state index contributed by atoms with van der Waals surface area (Å²) >= 11 is 6.83. The fourth-order valence-electron chi connectivity index (χ4n) is 1.34. The standard InChI is InChI=1S/C11H9ClN2O2S.Li/c12-8-4-1-7(2-5-8)3-6-9-13-14-10(17-9)11(15)16;/h1-2,4-5H,3,6H2,(H,15,16);/q;+1/p-1. The van der Waals surface area contributed by atoms with Crippen LogP contribution in [0.1, 0.15) is 20.4 Å². The van der Waals surface area contributed by atoms with Crippen LogP contribution in [0.5, 0.6) is 0 Å². The Hall–Kier alpha value is -0.863. The number of hydrogen-bond acceptors (Lipinski definition) is 5. The second-order valence-corrected chi connectivity index (χ2v) is 4.91. The number of rotatable bonds is 4. The van der Waals surface area contributed by atoms with Crippen LogP contribution >= 0.6 is 22.9 Å². The van der Waals surface area contributed by atoms with Crippen LogP contribution in [0, 0.1) is 0 Å². The molecule has 0 bridgehead atoms. The number of carbonyl (C=O) groups excluding carboxylic acids is 1. The second kappa shape index (κ2) is 6.91. The molecule has 4 nitrogen and oxygen atoms in total. The van der Waals surface area contributed by atoms with Gasteiger partial charge in [0.05, 0.1) is 0 Å². The number of carboxylic acid groups (broad SMARTS) is 1. The Balaban J connectivity index is 0.00000162. The predicted octanol–water partition coefficient (Wildman–Crippen LogP) is -1.66. The molecule has 0 spiro atoms. The van der Waals surface area contributed by atoms with Gasteiger partial charge in [-0.15, -0.1) is 10.2 Å². The number of nitrogens with zero attached hydrogens (tertiary/aromatic N) is 2. The summed E-state index contributed by atoms with van der Waals surface area (Å²) in [7, 11) is 0. The molecule has 0 atom stereocenters. The molecule has 0 unspecified atom stereocenters. The zero-order valence-corrected chi connectivity index (χ0v) is 11.3. The van der Waals surface area contributed by atoms with Gasteiger partial charge in [0.1, 0.15) is 11.0 Å². The molecule has 0 saturated carbocycles. The van der Waals surface area contributed by atoms with Gasteiger partial charge in [-0.2, -0.15) is 0 Å². The van der Waals surface area contributed by atoms with Crippen LogP contribution in [0.2, 0.25) is 5.02 Å². The molecular formula is C11H8ClLiN2O2S. The van der Waals surface area contributed by atoms with Gasteiger partial charge in [-0.1, -0.05) is 35.1 Å². The van der Waals surface area contributed by atoms with Crippen LogP contribution in [-0.4, -0.2) is 16.2 Å². The monoisotopic (exact) mass is 274 g/mol. The zero-order chi connectivity index (χ0) is 12.3. The van der Waals surface area contributed by atoms with E-state index < -0.39 is 5.97 Å². The number of carboxylic acids is 1. The summed E-state index contributed by atoms with van der Waals surface area (Å²) < 4.78 is 0. The first-order valence-corrected chi connectivity index (χ1v) is 6.13. The van der Waals surface area contributed by atoms with Gasteiger partial charge >= 0.3 is 18.9 Å². The van der Waals surface area contributed by atoms with E-state index in [2.05, 4.69) is 10.2 Å². The largest absolute Gasteiger partial charge is 1.00 e. The normalized spacial score (nSPS) is 9.83. The molecule has 1 heterocycles. The van der Waals surface area contributed by atoms with Gasteiger partial charge < -0.3 is 9.90 Å². The zero-order valence-electron chi connectivity index (χ0n) is 9.72. The van der Waals surface area contributed by atoms with E-state index in [9.17, 15) is 9.90 Å². The number of carbonyl (C=O) groups is 1. The van der Waals surface area contributed by atoms with E-state index in [0.717, 1.165) is 23.3 Å². The smallest absolute Gasteiger partial charge is 0.542 e. The van der Waals surface area contributed by atoms with Gasteiger partial charge in [-0.25, -0.2) is 0 Å². The maximum absolute atomic E-state index is 10.5. The van der Waals surface area contributed by atoms with E-state index in [1.54, 1.807) is 0 Å². The minimum absolute atomic E-state index is 0. The average Bonchev–Trinajstić information content (AvgIpc) is 2.77. The molecule has 2 rings (SSSR count). The number of benzene rings is 1. The summed E-state index contributed by atoms with van der Waals surface area (Å²) in [6.07, 6.45) is 1.44. The molecule has 0 aliphatic carbocycles. The molecule has 2 aromatic rings. The number of aromatic carboxylic acids is 1. The Bertz CT molecular complexity index is 530. The molecule has 0 N–H and O–H groups in total. The Labute approximate surface area is 125 Å². The summed E-state index contributed by atoms with van der Waals surface area (Å²) in [4.78, 5) is 10.5. The fourth-order valence-corrected chi connectivity index (χ4v) is 2.14. The van der Waals surface area contributed by atoms with Crippen molar-refractivity contribution < 1.29 is 28.8 Å². The van der Waals surface area contributed by atoms with Crippen molar-refractivity contribution in [1.82, 2.24) is 10.2 Å². The molecule has 88 valence electrons. The van der Waals surface area contributed by atoms with Crippen molar-refractivity contribution in [2.45, 2.75) is 12.8 Å². The summed E-state index contributed by atoms with van der Waals surface area (Å²) in [6, 6.07) is 7.51. The number of aromatic nitrogens is 2. The van der Waals surface area contributed by atoms with Crippen LogP contribution < -0.4 is 24.0 Å². The molecule has 1 aromatic carbocycles. The predicted molar refractivity (Wildman–Crippen MR) is 63.1 cm³/mol. The van der Waals surface area contributed by atoms with Crippen LogP contribution in [0.25, 0.3) is 0 Å². The first-order valence-electron chi connectivity index (χ1n) is 4.93. The van der Waals surface area contributed by atoms with Crippen LogP contribution in [0.4, 0.5) is 0 Å². The van der Waals surface area contributed by atoms with E-state index >= 15 is 0 Å². The third kappa shape index (κ3) is 4.11. The number of hydrogen-bond donors (Lipinski definition) is 0. The third-order valence-electron chi connectivity index (χ3n) is 2.18. The summed E-state index contributed by atoms with van der Waals surface area (Å²) in [5.41, 5.74) is 1.12. The van der Waals surface area contributed by atoms with Crippen LogP contribution in [-0.2, 0) is 12.8 Å². The van der Waals surface area contributed by atoms with Crippen LogP contribution in [0.3, 0.4) is 0 Å². The maximum Gasteiger partial charge on any atom is 1.00 e. The van der Waals surface area contributed by atoms with E-state index in [-0.39, 0.29) is 23.9 Å². The molecule has 18 heavy (non-hydrogen) atoms. The van der Waals surface area contributed by atoms with Crippen molar-refractivity contribution in [2.75, 3.05) is 0 Å². The van der Waals surface area contributed by atoms with E-state index in [4.69, 9.17) is 11.6 Å². The Morgan fingerprint density at radius 2 is 1.89 bits per heavy atom. The topological polar surface area (TPSA) is 65.9 Å². The maximum atomic E-state index is 10.5. The van der Waals surface area contributed by atoms with E-state index in [1.807, 2.05) is 24.3 Å². The number of halogens is 1. The Morgan fingerprint density at radius 1 is 1.22 bits per heavy atom. The SMILES string of the molecule is O=C([O-])c1nnc(CCc2ccc(Cl)cc2)s1.[Li+]. The Kier molecular flexibility index (Phi) is 5.83. The fraction of sp³-hybridized carbons (Fsp3) is 0.182. The quantitative estimate of drug-likeness (QED) is 0.626. The molecule has 0 radical (unpaired) electrons. The molecule has 0 saturated heterocycles. The molecular weight excluding hydrogens is 267 g/mol. The average molecular weight is 275 g/mol. The van der Waals surface area contributed by atoms with Gasteiger partial charge in [-0.3, -0.25) is 0 Å². The summed E-state index contributed by atoms with van der Waals surface area (Å²) in [6.45, 7) is 0. The van der Waals surface area contributed by atoms with Crippen molar-refractivity contribution in [3.63, 3.8) is 0 Å². The minimum Gasteiger partial charge on any atom is -0.542 e. The minimum atomic E-state index is -1.28. The first-order chi connectivity index (χ1) is 8.15. The molecule has 0 aliphatic heterocycles. The van der Waals surface area contributed by atoms with Gasteiger partial charge in [0.25, 0.3) is 0 Å². The van der Waals surface area contributed by atoms with Crippen molar-refractivity contribution in [3.05, 3.63) is 44.9 Å². The molecule has 0 aliphatic rings. The van der Waals surface area contributed by atoms with E-state index in [1.165, 1.54) is 0 Å². The van der Waals surface area contributed by atoms with Crippen molar-refractivity contribution in [2.24, 2.45) is 0 Å². The van der Waals surface area contributed by atoms with Gasteiger partial charge in [0.2, 0.25) is 0 Å². The van der Waals surface area contributed by atoms with Crippen molar-refractivity contribution in [1.29, 1.82) is 0 Å². The summed E-state index contributed by atoms with van der Waals surface area (Å²) in [5.74, 6) is -1.28. The van der Waals surface area contributed by atoms with Crippen molar-refractivity contribution >= 4 is 28.9 Å². The Morgan fingerprint density at radius 3 is 2.44 bits per heavy atom. The number of aryl methyl sites for hydroxylation is 2. The summed E-state index contributed by atoms with van der Waals surface area (Å²) in [5, 5.41) is 19.1. The molecule has 0 amide bonds. The van der Waals surface area contributed by atoms with Crippen LogP contribution in [0.15, 0.2) is 24.3 Å². The van der Waals surface area contributed by atoms with Gasteiger partial charge in [0, 0.05) is 11.4 Å². The third-order valence-corrected chi connectivity index (χ3v) is 3.40. The van der Waals surface area contributed by atoms with Gasteiger partial charge in [-0.05, 0) is 24.1 Å². The molecule has 7 heteroatoms. The van der Waals surface area contributed by atoms with Gasteiger partial charge in [0.15, 0.2) is 5.01 Å².